The van der Waals surface area contributed by atoms with Crippen LogP contribution in [-0.4, -0.2) is 16.9 Å². The highest BCUT2D eigenvalue weighted by Crippen LogP contribution is 2.27. The van der Waals surface area contributed by atoms with Gasteiger partial charge in [0.25, 0.3) is 5.91 Å². The highest BCUT2D eigenvalue weighted by Gasteiger charge is 2.21. The second-order valence-electron chi connectivity index (χ2n) is 7.19. The minimum Gasteiger partial charge on any atom is -0.272 e. The van der Waals surface area contributed by atoms with Gasteiger partial charge in [0.05, 0.1) is 5.25 Å². The molecule has 26 heavy (non-hydrogen) atoms. The molecule has 0 heterocycles. The lowest BCUT2D eigenvalue weighted by atomic mass is 9.80. The highest BCUT2D eigenvalue weighted by atomic mass is 32.2. The summed E-state index contributed by atoms with van der Waals surface area (Å²) in [6.07, 6.45) is 0.794. The number of nitrogens with one attached hydrogen (secondary N) is 1. The van der Waals surface area contributed by atoms with Gasteiger partial charge in [-0.25, -0.2) is 5.43 Å². The quantitative estimate of drug-likeness (QED) is 0.516. The van der Waals surface area contributed by atoms with E-state index in [1.807, 2.05) is 38.1 Å². The first-order valence-electron chi connectivity index (χ1n) is 8.92. The van der Waals surface area contributed by atoms with Gasteiger partial charge in [-0.05, 0) is 36.8 Å². The van der Waals surface area contributed by atoms with Crippen molar-refractivity contribution in [2.24, 2.45) is 5.10 Å². The Morgan fingerprint density at radius 2 is 1.65 bits per heavy atom. The lowest BCUT2D eigenvalue weighted by Crippen LogP contribution is -2.29. The normalized spacial score (nSPS) is 13.3. The molecule has 4 heteroatoms. The van der Waals surface area contributed by atoms with E-state index in [1.54, 1.807) is 11.8 Å². The summed E-state index contributed by atoms with van der Waals surface area (Å²) in [5.74, 6) is 0.766. The first kappa shape index (κ1) is 20.2. The molecule has 0 radical (unpaired) electrons. The van der Waals surface area contributed by atoms with Gasteiger partial charge >= 0.3 is 0 Å². The van der Waals surface area contributed by atoms with Gasteiger partial charge in [-0.15, -0.1) is 11.8 Å². The zero-order valence-electron chi connectivity index (χ0n) is 16.0. The van der Waals surface area contributed by atoms with E-state index in [-0.39, 0.29) is 16.6 Å². The summed E-state index contributed by atoms with van der Waals surface area (Å²) >= 11 is 1.62. The average molecular weight is 369 g/mol. The van der Waals surface area contributed by atoms with Crippen molar-refractivity contribution < 1.29 is 4.79 Å². The van der Waals surface area contributed by atoms with E-state index in [1.165, 1.54) is 11.1 Å². The van der Waals surface area contributed by atoms with Crippen molar-refractivity contribution in [3.05, 3.63) is 71.8 Å². The summed E-state index contributed by atoms with van der Waals surface area (Å²) in [5.41, 5.74) is 6.12. The number of hydrogen-bond acceptors (Lipinski definition) is 3. The smallest absolute Gasteiger partial charge is 0.252 e. The molecule has 0 saturated heterocycles. The fourth-order valence-electron chi connectivity index (χ4n) is 2.78. The number of carbonyl (C=O) groups excluding carboxylic acids is 1. The van der Waals surface area contributed by atoms with E-state index in [2.05, 4.69) is 60.8 Å². The maximum Gasteiger partial charge on any atom is 0.252 e. The Balaban J connectivity index is 1.84. The number of amides is 1. The molecule has 1 N–H and O–H groups in total. The lowest BCUT2D eigenvalue weighted by Gasteiger charge is -2.25. The molecule has 3 nitrogen and oxygen atoms in total. The van der Waals surface area contributed by atoms with Crippen LogP contribution in [0.5, 0.6) is 0 Å². The number of hydrazone groups is 1. The van der Waals surface area contributed by atoms with E-state index in [4.69, 9.17) is 0 Å². The number of carbonyl (C=O) groups is 1. The van der Waals surface area contributed by atoms with Crippen LogP contribution in [0.4, 0.5) is 0 Å². The summed E-state index contributed by atoms with van der Waals surface area (Å²) < 4.78 is 0. The van der Waals surface area contributed by atoms with Gasteiger partial charge in [0.15, 0.2) is 0 Å². The zero-order chi connectivity index (χ0) is 19.0. The molecule has 138 valence electrons. The van der Waals surface area contributed by atoms with Crippen molar-refractivity contribution in [1.29, 1.82) is 0 Å². The second kappa shape index (κ2) is 9.58. The van der Waals surface area contributed by atoms with Crippen LogP contribution in [-0.2, 0) is 16.0 Å². The van der Waals surface area contributed by atoms with Crippen molar-refractivity contribution in [2.75, 3.05) is 0 Å². The van der Waals surface area contributed by atoms with Crippen LogP contribution in [0.3, 0.4) is 0 Å². The van der Waals surface area contributed by atoms with Gasteiger partial charge in [0, 0.05) is 11.5 Å². The molecule has 0 spiro atoms. The molecule has 1 atom stereocenters. The standard InChI is InChI=1S/C22H28N2OS/c1-17(15-22(3,4)20-13-9-6-10-14-20)23-24-21(25)18(2)26-16-19-11-7-5-8-12-19/h5-14,18H,15-16H2,1-4H3,(H,24,25)/b23-17-/t18-/m0/s1. The van der Waals surface area contributed by atoms with Crippen LogP contribution < -0.4 is 5.43 Å². The monoisotopic (exact) mass is 368 g/mol. The van der Waals surface area contributed by atoms with E-state index < -0.39 is 0 Å². The average Bonchev–Trinajstić information content (AvgIpc) is 2.65. The van der Waals surface area contributed by atoms with Crippen LogP contribution in [0, 0.1) is 0 Å². The first-order chi connectivity index (χ1) is 12.4. The second-order valence-corrected chi connectivity index (χ2v) is 8.52. The molecular formula is C22H28N2OS. The van der Waals surface area contributed by atoms with Crippen LogP contribution in [0.15, 0.2) is 65.8 Å². The van der Waals surface area contributed by atoms with Crippen LogP contribution in [0.2, 0.25) is 0 Å². The van der Waals surface area contributed by atoms with Gasteiger partial charge < -0.3 is 0 Å². The van der Waals surface area contributed by atoms with E-state index in [0.717, 1.165) is 17.9 Å². The van der Waals surface area contributed by atoms with Crippen molar-refractivity contribution in [3.8, 4) is 0 Å². The summed E-state index contributed by atoms with van der Waals surface area (Å²) in [6, 6.07) is 20.6. The summed E-state index contributed by atoms with van der Waals surface area (Å²) in [7, 11) is 0. The van der Waals surface area contributed by atoms with Crippen molar-refractivity contribution in [3.63, 3.8) is 0 Å². The maximum atomic E-state index is 12.3. The minimum absolute atomic E-state index is 0.0206. The lowest BCUT2D eigenvalue weighted by molar-refractivity contribution is -0.120. The Bertz CT molecular complexity index is 726. The molecule has 0 unspecified atom stereocenters. The first-order valence-corrected chi connectivity index (χ1v) is 9.97. The van der Waals surface area contributed by atoms with Crippen LogP contribution in [0.25, 0.3) is 0 Å². The summed E-state index contributed by atoms with van der Waals surface area (Å²) in [5, 5.41) is 4.17. The van der Waals surface area contributed by atoms with Crippen LogP contribution >= 0.6 is 11.8 Å². The molecule has 0 aliphatic carbocycles. The van der Waals surface area contributed by atoms with Gasteiger partial charge in [-0.1, -0.05) is 74.5 Å². The number of nitrogens with zero attached hydrogens (tertiary/aromatic N) is 1. The molecule has 2 aromatic rings. The fourth-order valence-corrected chi connectivity index (χ4v) is 3.62. The fraction of sp³-hybridized carbons (Fsp3) is 0.364. The van der Waals surface area contributed by atoms with Crippen molar-refractivity contribution in [2.45, 2.75) is 50.5 Å². The Morgan fingerprint density at radius 3 is 2.27 bits per heavy atom. The molecule has 2 aromatic carbocycles. The van der Waals surface area contributed by atoms with Crippen molar-refractivity contribution in [1.82, 2.24) is 5.43 Å². The third-order valence-corrected chi connectivity index (χ3v) is 5.54. The van der Waals surface area contributed by atoms with E-state index >= 15 is 0 Å². The van der Waals surface area contributed by atoms with Gasteiger partial charge in [0.1, 0.15) is 0 Å². The number of benzene rings is 2. The summed E-state index contributed by atoms with van der Waals surface area (Å²) in [4.78, 5) is 12.3. The molecule has 0 aromatic heterocycles. The number of hydrogen-bond donors (Lipinski definition) is 1. The molecule has 2 rings (SSSR count). The predicted octanol–water partition coefficient (Wildman–Crippen LogP) is 5.17. The van der Waals surface area contributed by atoms with Gasteiger partial charge in [0.2, 0.25) is 0 Å². The van der Waals surface area contributed by atoms with Crippen LogP contribution in [0.1, 0.15) is 45.2 Å². The van der Waals surface area contributed by atoms with E-state index in [9.17, 15) is 4.79 Å². The Kier molecular flexibility index (Phi) is 7.46. The molecule has 0 aliphatic rings. The largest absolute Gasteiger partial charge is 0.272 e. The Hall–Kier alpha value is -2.07. The van der Waals surface area contributed by atoms with Crippen molar-refractivity contribution >= 4 is 23.4 Å². The van der Waals surface area contributed by atoms with Gasteiger partial charge in [-0.2, -0.15) is 5.10 Å². The Morgan fingerprint density at radius 1 is 1.08 bits per heavy atom. The molecule has 0 aliphatic heterocycles. The molecule has 0 bridgehead atoms. The number of rotatable bonds is 8. The molecular weight excluding hydrogens is 340 g/mol. The molecule has 0 fully saturated rings. The summed E-state index contributed by atoms with van der Waals surface area (Å²) in [6.45, 7) is 8.28. The number of thioether (sulfide) groups is 1. The predicted molar refractivity (Wildman–Crippen MR) is 113 cm³/mol. The molecule has 1 amide bonds. The van der Waals surface area contributed by atoms with Gasteiger partial charge in [-0.3, -0.25) is 4.79 Å². The molecule has 0 saturated carbocycles. The highest BCUT2D eigenvalue weighted by molar-refractivity contribution is 7.99. The minimum atomic E-state index is -0.145. The Labute approximate surface area is 161 Å². The maximum absolute atomic E-state index is 12.3. The SMILES string of the molecule is C/C(CC(C)(C)c1ccccc1)=N/NC(=O)[C@H](C)SCc1ccccc1. The zero-order valence-corrected chi connectivity index (χ0v) is 16.8. The topological polar surface area (TPSA) is 41.5 Å². The third kappa shape index (κ3) is 6.34. The van der Waals surface area contributed by atoms with E-state index in [0.29, 0.717) is 0 Å². The third-order valence-electron chi connectivity index (χ3n) is 4.32.